The first kappa shape index (κ1) is 26.2. The standard InChI is InChI=1S/C29H33N3O5/c1-18(2)16-24(27(34)31-17-21-8-5-7-20-6-3-4-9-23(20)21)32-29(36)26-25(37-26)28(35)30-15-14-19-10-12-22(33)13-11-19/h3-13,18,24-26,33H,14-17H2,1-2H3,(H,30,35)(H,31,34)(H,32,36)/t24-,25-,26-/m0/s1. The predicted octanol–water partition coefficient (Wildman–Crippen LogP) is 2.82. The summed E-state index contributed by atoms with van der Waals surface area (Å²) in [7, 11) is 0. The van der Waals surface area contributed by atoms with Gasteiger partial charge in [-0.05, 0) is 52.8 Å². The van der Waals surface area contributed by atoms with Crippen LogP contribution in [0.3, 0.4) is 0 Å². The quantitative estimate of drug-likeness (QED) is 0.300. The van der Waals surface area contributed by atoms with E-state index in [4.69, 9.17) is 4.74 Å². The Kier molecular flexibility index (Phi) is 8.40. The maximum absolute atomic E-state index is 13.0. The van der Waals surface area contributed by atoms with Crippen molar-refractivity contribution >= 4 is 28.5 Å². The molecular formula is C29H33N3O5. The molecule has 0 unspecified atom stereocenters. The smallest absolute Gasteiger partial charge is 0.253 e. The number of epoxide rings is 1. The van der Waals surface area contributed by atoms with E-state index in [2.05, 4.69) is 16.0 Å². The third-order valence-corrected chi connectivity index (χ3v) is 6.33. The minimum Gasteiger partial charge on any atom is -0.508 e. The number of benzene rings is 3. The molecule has 1 aliphatic heterocycles. The molecule has 0 radical (unpaired) electrons. The number of phenolic OH excluding ortho intramolecular Hbond substituents is 1. The van der Waals surface area contributed by atoms with Crippen LogP contribution in [0, 0.1) is 5.92 Å². The SMILES string of the molecule is CC(C)C[C@H](NC(=O)[C@H]1O[C@@H]1C(=O)NCCc1ccc(O)cc1)C(=O)NCc1cccc2ccccc12. The first-order valence-corrected chi connectivity index (χ1v) is 12.6. The number of aromatic hydroxyl groups is 1. The summed E-state index contributed by atoms with van der Waals surface area (Å²) in [5.41, 5.74) is 1.96. The molecule has 194 valence electrons. The van der Waals surface area contributed by atoms with Crippen LogP contribution in [0.25, 0.3) is 10.8 Å². The van der Waals surface area contributed by atoms with E-state index in [9.17, 15) is 19.5 Å². The van der Waals surface area contributed by atoms with Gasteiger partial charge in [-0.15, -0.1) is 0 Å². The molecule has 0 bridgehead atoms. The summed E-state index contributed by atoms with van der Waals surface area (Å²) in [5, 5.41) is 20.0. The Bertz CT molecular complexity index is 1250. The second-order valence-electron chi connectivity index (χ2n) is 9.73. The van der Waals surface area contributed by atoms with Crippen molar-refractivity contribution in [2.75, 3.05) is 6.54 Å². The Hall–Kier alpha value is -3.91. The lowest BCUT2D eigenvalue weighted by molar-refractivity contribution is -0.130. The maximum Gasteiger partial charge on any atom is 0.253 e. The zero-order chi connectivity index (χ0) is 26.4. The number of carbonyl (C=O) groups excluding carboxylic acids is 3. The van der Waals surface area contributed by atoms with Crippen molar-refractivity contribution in [1.82, 2.24) is 16.0 Å². The van der Waals surface area contributed by atoms with Gasteiger partial charge in [-0.25, -0.2) is 0 Å². The molecule has 0 spiro atoms. The molecule has 0 aliphatic carbocycles. The van der Waals surface area contributed by atoms with Crippen molar-refractivity contribution in [1.29, 1.82) is 0 Å². The molecule has 4 N–H and O–H groups in total. The van der Waals surface area contributed by atoms with Gasteiger partial charge in [-0.2, -0.15) is 0 Å². The highest BCUT2D eigenvalue weighted by Gasteiger charge is 2.50. The number of hydrogen-bond donors (Lipinski definition) is 4. The summed E-state index contributed by atoms with van der Waals surface area (Å²) in [6.45, 7) is 4.69. The number of nitrogens with one attached hydrogen (secondary N) is 3. The lowest BCUT2D eigenvalue weighted by atomic mass is 10.0. The minimum absolute atomic E-state index is 0.174. The second-order valence-corrected chi connectivity index (χ2v) is 9.73. The minimum atomic E-state index is -0.908. The van der Waals surface area contributed by atoms with E-state index in [0.29, 0.717) is 25.9 Å². The third-order valence-electron chi connectivity index (χ3n) is 6.33. The molecule has 1 aliphatic rings. The van der Waals surface area contributed by atoms with E-state index in [1.807, 2.05) is 56.3 Å². The van der Waals surface area contributed by atoms with Gasteiger partial charge >= 0.3 is 0 Å². The van der Waals surface area contributed by atoms with Crippen LogP contribution in [-0.4, -0.2) is 47.6 Å². The van der Waals surface area contributed by atoms with Crippen LogP contribution in [0.1, 0.15) is 31.4 Å². The lowest BCUT2D eigenvalue weighted by Crippen LogP contribution is -2.49. The lowest BCUT2D eigenvalue weighted by Gasteiger charge is -2.20. The van der Waals surface area contributed by atoms with Crippen molar-refractivity contribution in [2.45, 2.75) is 51.5 Å². The van der Waals surface area contributed by atoms with Crippen LogP contribution in [0.2, 0.25) is 0 Å². The van der Waals surface area contributed by atoms with Crippen LogP contribution in [0.4, 0.5) is 0 Å². The summed E-state index contributed by atoms with van der Waals surface area (Å²) in [6, 6.07) is 20.0. The van der Waals surface area contributed by atoms with Gasteiger partial charge in [0.1, 0.15) is 11.8 Å². The molecule has 3 aromatic carbocycles. The van der Waals surface area contributed by atoms with Gasteiger partial charge in [0.2, 0.25) is 5.91 Å². The first-order chi connectivity index (χ1) is 17.8. The number of carbonyl (C=O) groups is 3. The fourth-order valence-corrected chi connectivity index (χ4v) is 4.31. The van der Waals surface area contributed by atoms with Gasteiger partial charge in [0.15, 0.2) is 12.2 Å². The number of rotatable bonds is 11. The average molecular weight is 504 g/mol. The number of amides is 3. The van der Waals surface area contributed by atoms with Gasteiger partial charge in [0.25, 0.3) is 11.8 Å². The van der Waals surface area contributed by atoms with Crippen LogP contribution < -0.4 is 16.0 Å². The second kappa shape index (κ2) is 11.9. The van der Waals surface area contributed by atoms with Crippen LogP contribution >= 0.6 is 0 Å². The Labute approximate surface area is 216 Å². The zero-order valence-electron chi connectivity index (χ0n) is 21.1. The Morgan fingerprint density at radius 2 is 1.59 bits per heavy atom. The van der Waals surface area contributed by atoms with E-state index >= 15 is 0 Å². The molecule has 3 aromatic rings. The van der Waals surface area contributed by atoms with Crippen LogP contribution in [0.15, 0.2) is 66.7 Å². The van der Waals surface area contributed by atoms with Crippen molar-refractivity contribution in [3.63, 3.8) is 0 Å². The molecular weight excluding hydrogens is 470 g/mol. The summed E-state index contributed by atoms with van der Waals surface area (Å²) >= 11 is 0. The Morgan fingerprint density at radius 1 is 0.892 bits per heavy atom. The topological polar surface area (TPSA) is 120 Å². The molecule has 1 saturated heterocycles. The predicted molar refractivity (Wildman–Crippen MR) is 141 cm³/mol. The Morgan fingerprint density at radius 3 is 2.35 bits per heavy atom. The number of fused-ring (bicyclic) bond motifs is 1. The van der Waals surface area contributed by atoms with E-state index in [0.717, 1.165) is 21.9 Å². The van der Waals surface area contributed by atoms with Gasteiger partial charge in [0, 0.05) is 13.1 Å². The zero-order valence-corrected chi connectivity index (χ0v) is 21.1. The monoisotopic (exact) mass is 503 g/mol. The molecule has 8 heteroatoms. The van der Waals surface area contributed by atoms with E-state index < -0.39 is 24.2 Å². The number of hydrogen-bond acceptors (Lipinski definition) is 5. The molecule has 4 rings (SSSR count). The molecule has 0 saturated carbocycles. The highest BCUT2D eigenvalue weighted by Crippen LogP contribution is 2.23. The van der Waals surface area contributed by atoms with E-state index in [1.54, 1.807) is 24.3 Å². The molecule has 1 fully saturated rings. The van der Waals surface area contributed by atoms with Crippen molar-refractivity contribution in [3.8, 4) is 5.75 Å². The van der Waals surface area contributed by atoms with Gasteiger partial charge < -0.3 is 25.8 Å². The van der Waals surface area contributed by atoms with Crippen molar-refractivity contribution < 1.29 is 24.2 Å². The van der Waals surface area contributed by atoms with Gasteiger partial charge in [0.05, 0.1) is 0 Å². The summed E-state index contributed by atoms with van der Waals surface area (Å²) < 4.78 is 5.33. The van der Waals surface area contributed by atoms with E-state index in [1.165, 1.54) is 0 Å². The van der Waals surface area contributed by atoms with Gasteiger partial charge in [-0.1, -0.05) is 68.4 Å². The summed E-state index contributed by atoms with van der Waals surface area (Å²) in [5.74, 6) is -0.742. The highest BCUT2D eigenvalue weighted by atomic mass is 16.6. The molecule has 8 nitrogen and oxygen atoms in total. The molecule has 3 atom stereocenters. The van der Waals surface area contributed by atoms with Crippen LogP contribution in [0.5, 0.6) is 5.75 Å². The van der Waals surface area contributed by atoms with Crippen molar-refractivity contribution in [2.24, 2.45) is 5.92 Å². The van der Waals surface area contributed by atoms with Crippen molar-refractivity contribution in [3.05, 3.63) is 77.9 Å². The summed E-state index contributed by atoms with van der Waals surface area (Å²) in [4.78, 5) is 38.2. The molecule has 37 heavy (non-hydrogen) atoms. The van der Waals surface area contributed by atoms with Gasteiger partial charge in [-0.3, -0.25) is 14.4 Å². The fourth-order valence-electron chi connectivity index (χ4n) is 4.31. The maximum atomic E-state index is 13.0. The first-order valence-electron chi connectivity index (χ1n) is 12.6. The Balaban J connectivity index is 1.27. The average Bonchev–Trinajstić information content (AvgIpc) is 3.69. The third kappa shape index (κ3) is 7.07. The largest absolute Gasteiger partial charge is 0.508 e. The molecule has 3 amide bonds. The molecule has 1 heterocycles. The normalized spacial score (nSPS) is 17.3. The number of phenols is 1. The van der Waals surface area contributed by atoms with E-state index in [-0.39, 0.29) is 23.5 Å². The van der Waals surface area contributed by atoms with Crippen LogP contribution in [-0.2, 0) is 32.1 Å². The number of ether oxygens (including phenoxy) is 1. The fraction of sp³-hybridized carbons (Fsp3) is 0.345. The summed E-state index contributed by atoms with van der Waals surface area (Å²) in [6.07, 6.45) is -0.723. The molecule has 0 aromatic heterocycles. The highest BCUT2D eigenvalue weighted by molar-refractivity contribution is 5.97.